The van der Waals surface area contributed by atoms with Crippen LogP contribution >= 0.6 is 11.6 Å². The monoisotopic (exact) mass is 438 g/mol. The quantitative estimate of drug-likeness (QED) is 0.449. The van der Waals surface area contributed by atoms with Crippen molar-refractivity contribution in [3.05, 3.63) is 79.7 Å². The Kier molecular flexibility index (Phi) is 5.94. The predicted octanol–water partition coefficient (Wildman–Crippen LogP) is 1.79. The van der Waals surface area contributed by atoms with Gasteiger partial charge < -0.3 is 4.98 Å². The highest BCUT2D eigenvalue weighted by Crippen LogP contribution is 2.55. The fraction of sp³-hybridized carbons (Fsp3) is 0.176. The van der Waals surface area contributed by atoms with Gasteiger partial charge in [0.1, 0.15) is 5.69 Å². The first-order valence-corrected chi connectivity index (χ1v) is 10.0. The fourth-order valence-electron chi connectivity index (χ4n) is 2.99. The van der Waals surface area contributed by atoms with E-state index >= 15 is 0 Å². The van der Waals surface area contributed by atoms with E-state index in [1.165, 1.54) is 11.8 Å². The number of hydrogen-bond acceptors (Lipinski definition) is 6. The summed E-state index contributed by atoms with van der Waals surface area (Å²) in [6, 6.07) is 12.0. The van der Waals surface area contributed by atoms with Gasteiger partial charge in [0.15, 0.2) is 5.15 Å². The Morgan fingerprint density at radius 2 is 1.72 bits per heavy atom. The smallest absolute Gasteiger partial charge is 0.313 e. The summed E-state index contributed by atoms with van der Waals surface area (Å²) in [4.78, 5) is 27.7. The van der Waals surface area contributed by atoms with Crippen LogP contribution in [0, 0.1) is 0 Å². The van der Waals surface area contributed by atoms with Crippen molar-refractivity contribution >= 4 is 22.0 Å². The molecule has 29 heavy (non-hydrogen) atoms. The molecule has 4 rings (SSSR count). The van der Waals surface area contributed by atoms with Crippen molar-refractivity contribution in [1.82, 2.24) is 20.2 Å². The van der Waals surface area contributed by atoms with Gasteiger partial charge in [0.05, 0.1) is 5.56 Å². The van der Waals surface area contributed by atoms with E-state index in [4.69, 9.17) is 29.1 Å². The van der Waals surface area contributed by atoms with Crippen molar-refractivity contribution in [2.24, 2.45) is 0 Å². The maximum Gasteiger partial charge on any atom is 0.394 e. The lowest BCUT2D eigenvalue weighted by molar-refractivity contribution is 0.381. The second-order valence-corrected chi connectivity index (χ2v) is 7.52. The molecule has 1 aliphatic carbocycles. The number of benzene rings is 1. The van der Waals surface area contributed by atoms with E-state index in [1.54, 1.807) is 6.07 Å². The predicted molar refractivity (Wildman–Crippen MR) is 104 cm³/mol. The molecule has 2 atom stereocenters. The first-order valence-electron chi connectivity index (χ1n) is 8.24. The van der Waals surface area contributed by atoms with E-state index in [9.17, 15) is 9.59 Å². The topological polar surface area (TPSA) is 166 Å². The van der Waals surface area contributed by atoms with Crippen LogP contribution in [0.4, 0.5) is 0 Å². The molecule has 0 aliphatic heterocycles. The molecular formula is C17H15ClN4O6S. The summed E-state index contributed by atoms with van der Waals surface area (Å²) in [6.45, 7) is 0. The molecule has 3 aromatic rings. The van der Waals surface area contributed by atoms with Gasteiger partial charge in [0, 0.05) is 6.20 Å². The van der Waals surface area contributed by atoms with Crippen LogP contribution < -0.4 is 11.2 Å². The van der Waals surface area contributed by atoms with Crippen molar-refractivity contribution in [1.29, 1.82) is 0 Å². The molecule has 0 spiro atoms. The number of halogens is 1. The van der Waals surface area contributed by atoms with E-state index in [2.05, 4.69) is 32.3 Å². The molecule has 0 radical (unpaired) electrons. The normalized spacial score (nSPS) is 17.9. The third-order valence-electron chi connectivity index (χ3n) is 4.29. The van der Waals surface area contributed by atoms with Crippen LogP contribution in [0.25, 0.3) is 11.3 Å². The lowest BCUT2D eigenvalue weighted by atomic mass is 10.0. The molecule has 1 fully saturated rings. The Bertz CT molecular complexity index is 1230. The van der Waals surface area contributed by atoms with Crippen LogP contribution in [0.1, 0.15) is 29.4 Å². The number of rotatable bonds is 3. The summed E-state index contributed by atoms with van der Waals surface area (Å²) < 4.78 is 31.6. The molecule has 0 bridgehead atoms. The summed E-state index contributed by atoms with van der Waals surface area (Å²) in [7, 11) is -4.67. The van der Waals surface area contributed by atoms with Crippen molar-refractivity contribution in [3.63, 3.8) is 0 Å². The van der Waals surface area contributed by atoms with E-state index in [1.807, 2.05) is 18.2 Å². The van der Waals surface area contributed by atoms with Gasteiger partial charge in [-0.3, -0.25) is 18.9 Å². The highest BCUT2D eigenvalue weighted by molar-refractivity contribution is 7.79. The second-order valence-electron chi connectivity index (χ2n) is 6.27. The maximum absolute atomic E-state index is 11.9. The third kappa shape index (κ3) is 5.57. The van der Waals surface area contributed by atoms with Gasteiger partial charge in [-0.05, 0) is 35.4 Å². The van der Waals surface area contributed by atoms with Gasteiger partial charge in [-0.1, -0.05) is 41.9 Å². The number of aromatic amines is 2. The molecule has 4 N–H and O–H groups in total. The molecule has 0 saturated heterocycles. The maximum atomic E-state index is 11.9. The summed E-state index contributed by atoms with van der Waals surface area (Å²) in [6.07, 6.45) is 2.32. The molecule has 12 heteroatoms. The molecule has 1 aliphatic rings. The number of H-pyrrole nitrogens is 2. The Labute approximate surface area is 169 Å². The Morgan fingerprint density at radius 3 is 2.34 bits per heavy atom. The molecule has 0 amide bonds. The SMILES string of the molecule is O=S(=O)(O)O.O=c1[nH]cc(-c2cc([C@H]3C[C@@H]3c3ccccc3)c(Cl)nn2)c(=O)[nH]1. The lowest BCUT2D eigenvalue weighted by Gasteiger charge is -2.05. The average Bonchev–Trinajstić information content (AvgIpc) is 3.42. The number of nitrogens with zero attached hydrogens (tertiary/aromatic N) is 2. The fourth-order valence-corrected chi connectivity index (χ4v) is 3.22. The van der Waals surface area contributed by atoms with Crippen molar-refractivity contribution < 1.29 is 17.5 Å². The molecule has 1 saturated carbocycles. The highest BCUT2D eigenvalue weighted by atomic mass is 35.5. The lowest BCUT2D eigenvalue weighted by Crippen LogP contribution is -2.23. The standard InChI is InChI=1S/C17H13ClN4O2.H2O4S/c18-15-12(11-6-10(11)9-4-2-1-3-5-9)7-14(21-22-15)13-8-19-17(24)20-16(13)23;1-5(2,3)4/h1-5,7-8,10-11H,6H2,(H2,19,20,23,24);(H2,1,2,3,4)/t10-,11+;/m1./s1. The minimum atomic E-state index is -4.67. The Balaban J connectivity index is 0.000000431. The van der Waals surface area contributed by atoms with Gasteiger partial charge in [0.25, 0.3) is 5.56 Å². The molecule has 0 unspecified atom stereocenters. The van der Waals surface area contributed by atoms with Crippen molar-refractivity contribution in [2.45, 2.75) is 18.3 Å². The van der Waals surface area contributed by atoms with Gasteiger partial charge in [-0.25, -0.2) is 4.79 Å². The minimum Gasteiger partial charge on any atom is -0.313 e. The zero-order valence-electron chi connectivity index (χ0n) is 14.6. The number of nitrogens with one attached hydrogen (secondary N) is 2. The Hall–Kier alpha value is -2.86. The highest BCUT2D eigenvalue weighted by Gasteiger charge is 2.41. The largest absolute Gasteiger partial charge is 0.394 e. The van der Waals surface area contributed by atoms with Crippen LogP contribution in [-0.4, -0.2) is 37.7 Å². The number of aromatic nitrogens is 4. The van der Waals surface area contributed by atoms with E-state index in [0.717, 1.165) is 12.0 Å². The summed E-state index contributed by atoms with van der Waals surface area (Å²) in [5.41, 5.74) is 1.73. The van der Waals surface area contributed by atoms with Crippen molar-refractivity contribution in [3.8, 4) is 11.3 Å². The molecular weight excluding hydrogens is 424 g/mol. The van der Waals surface area contributed by atoms with Gasteiger partial charge in [-0.15, -0.1) is 10.2 Å². The molecule has 2 heterocycles. The zero-order valence-corrected chi connectivity index (χ0v) is 16.2. The summed E-state index contributed by atoms with van der Waals surface area (Å²) in [5, 5.41) is 8.31. The van der Waals surface area contributed by atoms with Crippen LogP contribution in [0.5, 0.6) is 0 Å². The average molecular weight is 439 g/mol. The summed E-state index contributed by atoms with van der Waals surface area (Å²) >= 11 is 6.22. The van der Waals surface area contributed by atoms with Crippen LogP contribution in [0.3, 0.4) is 0 Å². The third-order valence-corrected chi connectivity index (χ3v) is 4.58. The minimum absolute atomic E-state index is 0.260. The van der Waals surface area contributed by atoms with Gasteiger partial charge >= 0.3 is 16.1 Å². The molecule has 10 nitrogen and oxygen atoms in total. The van der Waals surface area contributed by atoms with E-state index in [-0.39, 0.29) is 11.5 Å². The molecule has 1 aromatic carbocycles. The van der Waals surface area contributed by atoms with Gasteiger partial charge in [-0.2, -0.15) is 8.42 Å². The van der Waals surface area contributed by atoms with E-state index in [0.29, 0.717) is 16.8 Å². The van der Waals surface area contributed by atoms with Crippen LogP contribution in [0.2, 0.25) is 5.15 Å². The second kappa shape index (κ2) is 8.25. The van der Waals surface area contributed by atoms with Gasteiger partial charge in [0.2, 0.25) is 0 Å². The Morgan fingerprint density at radius 1 is 1.07 bits per heavy atom. The van der Waals surface area contributed by atoms with E-state index < -0.39 is 21.6 Å². The zero-order chi connectivity index (χ0) is 21.2. The number of hydrogen-bond donors (Lipinski definition) is 4. The van der Waals surface area contributed by atoms with Crippen LogP contribution in [-0.2, 0) is 10.4 Å². The molecule has 2 aromatic heterocycles. The van der Waals surface area contributed by atoms with Crippen LogP contribution in [0.15, 0.2) is 52.2 Å². The summed E-state index contributed by atoms with van der Waals surface area (Å²) in [5.74, 6) is 0.658. The molecule has 152 valence electrons. The van der Waals surface area contributed by atoms with Crippen molar-refractivity contribution in [2.75, 3.05) is 0 Å². The first-order chi connectivity index (χ1) is 13.6. The first kappa shape index (κ1) is 20.9.